The molecule has 12 heavy (non-hydrogen) atoms. The fraction of sp³-hybridized carbons (Fsp3) is 0.111. The molecule has 1 aromatic rings. The van der Waals surface area contributed by atoms with E-state index >= 15 is 0 Å². The molecule has 0 aromatic heterocycles. The number of imide groups is 1. The van der Waals surface area contributed by atoms with E-state index in [-0.39, 0.29) is 11.8 Å². The van der Waals surface area contributed by atoms with Gasteiger partial charge in [-0.25, -0.2) is 0 Å². The molecule has 1 aliphatic rings. The molecule has 0 N–H and O–H groups in total. The molecule has 1 heterocycles. The number of hydrogen-bond acceptors (Lipinski definition) is 2. The Bertz CT molecular complexity index is 336. The van der Waals surface area contributed by atoms with Gasteiger partial charge in [-0.15, -0.1) is 0 Å². The zero-order chi connectivity index (χ0) is 8.72. The van der Waals surface area contributed by atoms with Gasteiger partial charge in [0.15, 0.2) is 0 Å². The van der Waals surface area contributed by atoms with Gasteiger partial charge >= 0.3 is 0 Å². The smallest absolute Gasteiger partial charge is 0.261 e. The summed E-state index contributed by atoms with van der Waals surface area (Å²) in [5, 5.41) is 0. The summed E-state index contributed by atoms with van der Waals surface area (Å²) in [6, 6.07) is 7.54. The van der Waals surface area contributed by atoms with Gasteiger partial charge in [0.05, 0.1) is 11.1 Å². The van der Waals surface area contributed by atoms with E-state index in [0.29, 0.717) is 11.1 Å². The number of fused-ring (bicyclic) bond motifs is 1. The average molecular weight is 160 g/mol. The van der Waals surface area contributed by atoms with Crippen LogP contribution in [0.5, 0.6) is 0 Å². The zero-order valence-corrected chi connectivity index (χ0v) is 6.50. The van der Waals surface area contributed by atoms with Gasteiger partial charge in [-0.2, -0.15) is 0 Å². The standard InChI is InChI=1S/C9H6NO2/c1-10-8(11)6-4-2-3-5-7(6)9(10)12/h2,4-5H,1H3. The molecule has 0 aliphatic carbocycles. The van der Waals surface area contributed by atoms with E-state index in [0.717, 1.165) is 4.90 Å². The summed E-state index contributed by atoms with van der Waals surface area (Å²) < 4.78 is 0. The lowest BCUT2D eigenvalue weighted by molar-refractivity contribution is 0.0693. The number of amides is 2. The molecule has 0 saturated carbocycles. The molecule has 0 atom stereocenters. The van der Waals surface area contributed by atoms with Crippen molar-refractivity contribution in [3.05, 3.63) is 35.4 Å². The predicted molar refractivity (Wildman–Crippen MR) is 41.7 cm³/mol. The van der Waals surface area contributed by atoms with Crippen LogP contribution in [-0.4, -0.2) is 23.8 Å². The van der Waals surface area contributed by atoms with Crippen molar-refractivity contribution < 1.29 is 9.59 Å². The van der Waals surface area contributed by atoms with Crippen LogP contribution in [0, 0.1) is 6.07 Å². The molecular formula is C9H6NO2. The Morgan fingerprint density at radius 2 is 1.92 bits per heavy atom. The summed E-state index contributed by atoms with van der Waals surface area (Å²) >= 11 is 0. The maximum atomic E-state index is 11.3. The Hall–Kier alpha value is -1.64. The summed E-state index contributed by atoms with van der Waals surface area (Å²) in [4.78, 5) is 23.7. The molecule has 0 unspecified atom stereocenters. The van der Waals surface area contributed by atoms with Crippen molar-refractivity contribution in [3.8, 4) is 0 Å². The molecule has 0 fully saturated rings. The van der Waals surface area contributed by atoms with Crippen molar-refractivity contribution in [2.75, 3.05) is 7.05 Å². The summed E-state index contributed by atoms with van der Waals surface area (Å²) in [5.74, 6) is -0.476. The lowest BCUT2D eigenvalue weighted by Crippen LogP contribution is -2.24. The van der Waals surface area contributed by atoms with Crippen LogP contribution >= 0.6 is 0 Å². The number of rotatable bonds is 0. The Kier molecular flexibility index (Phi) is 1.27. The first-order valence-electron chi connectivity index (χ1n) is 3.54. The van der Waals surface area contributed by atoms with Crippen molar-refractivity contribution in [1.82, 2.24) is 4.90 Å². The van der Waals surface area contributed by atoms with Crippen LogP contribution in [0.3, 0.4) is 0 Å². The molecule has 0 saturated heterocycles. The molecule has 0 bridgehead atoms. The number of hydrogen-bond donors (Lipinski definition) is 0. The molecular weight excluding hydrogens is 154 g/mol. The minimum absolute atomic E-state index is 0.232. The fourth-order valence-corrected chi connectivity index (χ4v) is 1.25. The van der Waals surface area contributed by atoms with E-state index in [1.165, 1.54) is 7.05 Å². The third kappa shape index (κ3) is 0.704. The SMILES string of the molecule is CN1C(=O)c2c[c]ccc2C1=O. The van der Waals surface area contributed by atoms with Crippen LogP contribution in [0.2, 0.25) is 0 Å². The second kappa shape index (κ2) is 2.17. The second-order valence-corrected chi connectivity index (χ2v) is 2.64. The highest BCUT2D eigenvalue weighted by atomic mass is 16.2. The van der Waals surface area contributed by atoms with Crippen molar-refractivity contribution >= 4 is 11.8 Å². The highest BCUT2D eigenvalue weighted by Crippen LogP contribution is 2.19. The summed E-state index contributed by atoms with van der Waals surface area (Å²) in [5.41, 5.74) is 0.922. The van der Waals surface area contributed by atoms with Gasteiger partial charge in [0.1, 0.15) is 0 Å². The van der Waals surface area contributed by atoms with Gasteiger partial charge < -0.3 is 0 Å². The third-order valence-corrected chi connectivity index (χ3v) is 1.93. The van der Waals surface area contributed by atoms with Gasteiger partial charge in [-0.1, -0.05) is 6.07 Å². The van der Waals surface area contributed by atoms with Crippen molar-refractivity contribution in [1.29, 1.82) is 0 Å². The zero-order valence-electron chi connectivity index (χ0n) is 6.50. The molecule has 2 amide bonds. The monoisotopic (exact) mass is 160 g/mol. The molecule has 1 aliphatic heterocycles. The lowest BCUT2D eigenvalue weighted by atomic mass is 10.1. The average Bonchev–Trinajstić information content (AvgIpc) is 2.33. The molecule has 2 rings (SSSR count). The second-order valence-electron chi connectivity index (χ2n) is 2.64. The molecule has 1 radical (unpaired) electrons. The van der Waals surface area contributed by atoms with Crippen molar-refractivity contribution in [2.45, 2.75) is 0 Å². The topological polar surface area (TPSA) is 37.4 Å². The van der Waals surface area contributed by atoms with Crippen LogP contribution in [0.4, 0.5) is 0 Å². The first-order chi connectivity index (χ1) is 5.72. The van der Waals surface area contributed by atoms with Crippen LogP contribution in [0.15, 0.2) is 18.2 Å². The molecule has 3 nitrogen and oxygen atoms in total. The predicted octanol–water partition coefficient (Wildman–Crippen LogP) is 0.713. The first kappa shape index (κ1) is 7.03. The molecule has 59 valence electrons. The maximum absolute atomic E-state index is 11.3. The van der Waals surface area contributed by atoms with Crippen LogP contribution in [0.25, 0.3) is 0 Å². The summed E-state index contributed by atoms with van der Waals surface area (Å²) in [7, 11) is 1.48. The van der Waals surface area contributed by atoms with Crippen LogP contribution < -0.4 is 0 Å². The third-order valence-electron chi connectivity index (χ3n) is 1.93. The number of carbonyl (C=O) groups excluding carboxylic acids is 2. The van der Waals surface area contributed by atoms with E-state index in [2.05, 4.69) is 6.07 Å². The molecule has 1 aromatic carbocycles. The van der Waals surface area contributed by atoms with Crippen LogP contribution in [-0.2, 0) is 0 Å². The lowest BCUT2D eigenvalue weighted by Gasteiger charge is -2.02. The minimum Gasteiger partial charge on any atom is -0.277 e. The first-order valence-corrected chi connectivity index (χ1v) is 3.54. The molecule has 0 spiro atoms. The van der Waals surface area contributed by atoms with E-state index < -0.39 is 0 Å². The Morgan fingerprint density at radius 3 is 2.58 bits per heavy atom. The summed E-state index contributed by atoms with van der Waals surface area (Å²) in [6.07, 6.45) is 0. The van der Waals surface area contributed by atoms with E-state index in [1.807, 2.05) is 0 Å². The van der Waals surface area contributed by atoms with Gasteiger partial charge in [-0.3, -0.25) is 14.5 Å². The van der Waals surface area contributed by atoms with Crippen molar-refractivity contribution in [3.63, 3.8) is 0 Å². The highest BCUT2D eigenvalue weighted by Gasteiger charge is 2.31. The largest absolute Gasteiger partial charge is 0.277 e. The quantitative estimate of drug-likeness (QED) is 0.524. The number of nitrogens with zero attached hydrogens (tertiary/aromatic N) is 1. The Balaban J connectivity index is 2.67. The van der Waals surface area contributed by atoms with Gasteiger partial charge in [0.25, 0.3) is 11.8 Å². The Labute approximate surface area is 69.6 Å². The van der Waals surface area contributed by atoms with E-state index in [9.17, 15) is 9.59 Å². The van der Waals surface area contributed by atoms with Gasteiger partial charge in [0, 0.05) is 7.05 Å². The number of benzene rings is 1. The summed E-state index contributed by atoms with van der Waals surface area (Å²) in [6.45, 7) is 0. The Morgan fingerprint density at radius 1 is 1.25 bits per heavy atom. The fourth-order valence-electron chi connectivity index (χ4n) is 1.25. The highest BCUT2D eigenvalue weighted by molar-refractivity contribution is 6.21. The van der Waals surface area contributed by atoms with E-state index in [1.54, 1.807) is 18.2 Å². The van der Waals surface area contributed by atoms with E-state index in [4.69, 9.17) is 0 Å². The minimum atomic E-state index is -0.244. The maximum Gasteiger partial charge on any atom is 0.261 e. The van der Waals surface area contributed by atoms with Gasteiger partial charge in [0.2, 0.25) is 0 Å². The number of carbonyl (C=O) groups is 2. The van der Waals surface area contributed by atoms with Gasteiger partial charge in [-0.05, 0) is 18.2 Å². The normalized spacial score (nSPS) is 15.2. The van der Waals surface area contributed by atoms with Crippen LogP contribution in [0.1, 0.15) is 20.7 Å². The molecule has 3 heteroatoms. The van der Waals surface area contributed by atoms with Crippen molar-refractivity contribution in [2.24, 2.45) is 0 Å².